The molecule has 4 heteroatoms. The van der Waals surface area contributed by atoms with Crippen LogP contribution in [0.5, 0.6) is 0 Å². The number of carbonyl (C=O) groups is 1. The van der Waals surface area contributed by atoms with Gasteiger partial charge in [-0.25, -0.2) is 4.63 Å². The third kappa shape index (κ3) is 0.797. The lowest BCUT2D eigenvalue weighted by atomic mass is 10.2. The van der Waals surface area contributed by atoms with E-state index in [0.717, 1.165) is 6.29 Å². The first-order chi connectivity index (χ1) is 5.42. The van der Waals surface area contributed by atoms with Gasteiger partial charge in [0, 0.05) is 5.56 Å². The Hall–Kier alpha value is -1.71. The van der Waals surface area contributed by atoms with Crippen LogP contribution in [0.15, 0.2) is 22.8 Å². The Labute approximate surface area is 61.8 Å². The molecule has 0 unspecified atom stereocenters. The van der Waals surface area contributed by atoms with Gasteiger partial charge in [-0.05, 0) is 22.4 Å². The summed E-state index contributed by atoms with van der Waals surface area (Å²) in [5, 5.41) is 7.15. The van der Waals surface area contributed by atoms with Crippen molar-refractivity contribution in [2.75, 3.05) is 0 Å². The van der Waals surface area contributed by atoms with E-state index in [1.165, 1.54) is 0 Å². The summed E-state index contributed by atoms with van der Waals surface area (Å²) in [6.45, 7) is 0. The Morgan fingerprint density at radius 1 is 1.36 bits per heavy atom. The van der Waals surface area contributed by atoms with Gasteiger partial charge in [-0.2, -0.15) is 0 Å². The smallest absolute Gasteiger partial charge is 0.152 e. The number of rotatable bonds is 1. The van der Waals surface area contributed by atoms with Crippen molar-refractivity contribution in [3.8, 4) is 0 Å². The zero-order valence-corrected chi connectivity index (χ0v) is 5.52. The summed E-state index contributed by atoms with van der Waals surface area (Å²) in [7, 11) is 0. The van der Waals surface area contributed by atoms with Crippen molar-refractivity contribution in [1.82, 2.24) is 10.3 Å². The van der Waals surface area contributed by atoms with Crippen LogP contribution >= 0.6 is 0 Å². The Kier molecular flexibility index (Phi) is 1.18. The van der Waals surface area contributed by atoms with Crippen molar-refractivity contribution in [1.29, 1.82) is 0 Å². The van der Waals surface area contributed by atoms with E-state index < -0.39 is 0 Å². The number of fused-ring (bicyclic) bond motifs is 1. The topological polar surface area (TPSA) is 56.0 Å². The van der Waals surface area contributed by atoms with Crippen LogP contribution in [0.1, 0.15) is 10.4 Å². The minimum Gasteiger partial charge on any atom is -0.298 e. The Bertz CT molecular complexity index is 394. The largest absolute Gasteiger partial charge is 0.298 e. The van der Waals surface area contributed by atoms with Crippen molar-refractivity contribution in [2.45, 2.75) is 0 Å². The van der Waals surface area contributed by atoms with Crippen LogP contribution in [0, 0.1) is 0 Å². The maximum absolute atomic E-state index is 10.4. The minimum atomic E-state index is 0.503. The summed E-state index contributed by atoms with van der Waals surface area (Å²) in [6, 6.07) is 5.13. The average molecular weight is 148 g/mol. The molecule has 0 saturated carbocycles. The quantitative estimate of drug-likeness (QED) is 0.567. The molecule has 0 amide bonds. The first-order valence-electron chi connectivity index (χ1n) is 3.08. The summed E-state index contributed by atoms with van der Waals surface area (Å²) in [6.07, 6.45) is 0.729. The molecule has 0 aliphatic rings. The van der Waals surface area contributed by atoms with Gasteiger partial charge in [0.1, 0.15) is 11.0 Å². The van der Waals surface area contributed by atoms with Crippen molar-refractivity contribution >= 4 is 17.3 Å². The highest BCUT2D eigenvalue weighted by Gasteiger charge is 2.03. The molecule has 54 valence electrons. The Balaban J connectivity index is 2.88. The van der Waals surface area contributed by atoms with Gasteiger partial charge < -0.3 is 0 Å². The van der Waals surface area contributed by atoms with E-state index in [4.69, 9.17) is 0 Å². The Morgan fingerprint density at radius 2 is 2.27 bits per heavy atom. The van der Waals surface area contributed by atoms with Crippen LogP contribution in [0.3, 0.4) is 0 Å². The SMILES string of the molecule is O=Cc1cccc2nonc12. The first kappa shape index (κ1) is 6.03. The molecule has 2 aromatic rings. The van der Waals surface area contributed by atoms with Crippen LogP contribution in [-0.2, 0) is 0 Å². The number of benzene rings is 1. The molecule has 4 nitrogen and oxygen atoms in total. The molecule has 1 aromatic heterocycles. The lowest BCUT2D eigenvalue weighted by molar-refractivity contribution is 0.112. The molecule has 0 bridgehead atoms. The number of hydrogen-bond donors (Lipinski definition) is 0. The van der Waals surface area contributed by atoms with Crippen molar-refractivity contribution in [3.05, 3.63) is 23.8 Å². The van der Waals surface area contributed by atoms with Crippen LogP contribution in [0.2, 0.25) is 0 Å². The second kappa shape index (κ2) is 2.16. The van der Waals surface area contributed by atoms with E-state index in [9.17, 15) is 4.79 Å². The molecule has 0 fully saturated rings. The third-order valence-corrected chi connectivity index (χ3v) is 1.44. The van der Waals surface area contributed by atoms with E-state index in [1.54, 1.807) is 18.2 Å². The van der Waals surface area contributed by atoms with E-state index in [-0.39, 0.29) is 0 Å². The number of aromatic nitrogens is 2. The standard InChI is InChI=1S/C7H4N2O2/c10-4-5-2-1-3-6-7(5)9-11-8-6/h1-4H. The molecule has 0 spiro atoms. The fraction of sp³-hybridized carbons (Fsp3) is 0. The van der Waals surface area contributed by atoms with Gasteiger partial charge in [-0.15, -0.1) is 0 Å². The van der Waals surface area contributed by atoms with E-state index in [0.29, 0.717) is 16.6 Å². The summed E-state index contributed by atoms with van der Waals surface area (Å²) in [5.41, 5.74) is 1.63. The van der Waals surface area contributed by atoms with Gasteiger partial charge in [-0.1, -0.05) is 6.07 Å². The highest BCUT2D eigenvalue weighted by atomic mass is 16.6. The third-order valence-electron chi connectivity index (χ3n) is 1.44. The fourth-order valence-corrected chi connectivity index (χ4v) is 0.922. The van der Waals surface area contributed by atoms with Gasteiger partial charge >= 0.3 is 0 Å². The zero-order valence-electron chi connectivity index (χ0n) is 5.52. The number of nitrogens with zero attached hydrogens (tertiary/aromatic N) is 2. The van der Waals surface area contributed by atoms with Gasteiger partial charge in [0.2, 0.25) is 0 Å². The van der Waals surface area contributed by atoms with Crippen LogP contribution in [0.25, 0.3) is 11.0 Å². The van der Waals surface area contributed by atoms with E-state index in [2.05, 4.69) is 14.9 Å². The summed E-state index contributed by atoms with van der Waals surface area (Å²) in [4.78, 5) is 10.4. The maximum Gasteiger partial charge on any atom is 0.152 e. The average Bonchev–Trinajstić information content (AvgIpc) is 2.50. The molecule has 0 radical (unpaired) electrons. The molecule has 0 N–H and O–H groups in total. The normalized spacial score (nSPS) is 10.2. The Morgan fingerprint density at radius 3 is 3.09 bits per heavy atom. The van der Waals surface area contributed by atoms with Gasteiger partial charge in [-0.3, -0.25) is 4.79 Å². The molecule has 0 saturated heterocycles. The molecule has 0 atom stereocenters. The zero-order chi connectivity index (χ0) is 7.68. The monoisotopic (exact) mass is 148 g/mol. The maximum atomic E-state index is 10.4. The predicted molar refractivity (Wildman–Crippen MR) is 37.2 cm³/mol. The van der Waals surface area contributed by atoms with Gasteiger partial charge in [0.15, 0.2) is 6.29 Å². The molecule has 1 heterocycles. The van der Waals surface area contributed by atoms with Gasteiger partial charge in [0.05, 0.1) is 0 Å². The molecule has 0 aliphatic carbocycles. The molecule has 11 heavy (non-hydrogen) atoms. The van der Waals surface area contributed by atoms with E-state index in [1.807, 2.05) is 0 Å². The minimum absolute atomic E-state index is 0.503. The predicted octanol–water partition coefficient (Wildman–Crippen LogP) is 1.04. The van der Waals surface area contributed by atoms with Crippen molar-refractivity contribution < 1.29 is 9.42 Å². The molecule has 0 aliphatic heterocycles. The van der Waals surface area contributed by atoms with E-state index >= 15 is 0 Å². The molecule has 2 rings (SSSR count). The van der Waals surface area contributed by atoms with Crippen LogP contribution in [-0.4, -0.2) is 16.6 Å². The molecule has 1 aromatic carbocycles. The van der Waals surface area contributed by atoms with Gasteiger partial charge in [0.25, 0.3) is 0 Å². The lowest BCUT2D eigenvalue weighted by Gasteiger charge is -1.85. The summed E-state index contributed by atoms with van der Waals surface area (Å²) < 4.78 is 4.45. The highest BCUT2D eigenvalue weighted by Crippen LogP contribution is 2.11. The second-order valence-electron chi connectivity index (χ2n) is 2.10. The molecular formula is C7H4N2O2. The van der Waals surface area contributed by atoms with Crippen molar-refractivity contribution in [3.63, 3.8) is 0 Å². The lowest BCUT2D eigenvalue weighted by Crippen LogP contribution is -1.80. The number of aldehydes is 1. The number of hydrogen-bond acceptors (Lipinski definition) is 4. The fourth-order valence-electron chi connectivity index (χ4n) is 0.922. The molecular weight excluding hydrogens is 144 g/mol. The number of carbonyl (C=O) groups excluding carboxylic acids is 1. The summed E-state index contributed by atoms with van der Waals surface area (Å²) in [5.74, 6) is 0. The first-order valence-corrected chi connectivity index (χ1v) is 3.08. The summed E-state index contributed by atoms with van der Waals surface area (Å²) >= 11 is 0. The van der Waals surface area contributed by atoms with Crippen molar-refractivity contribution in [2.24, 2.45) is 0 Å². The van der Waals surface area contributed by atoms with Crippen LogP contribution < -0.4 is 0 Å². The second-order valence-corrected chi connectivity index (χ2v) is 2.10. The highest BCUT2D eigenvalue weighted by molar-refractivity contribution is 5.93. The van der Waals surface area contributed by atoms with Crippen LogP contribution in [0.4, 0.5) is 0 Å².